The Labute approximate surface area is 171 Å². The Morgan fingerprint density at radius 2 is 1.97 bits per heavy atom. The Morgan fingerprint density at radius 3 is 2.62 bits per heavy atom. The third-order valence-electron chi connectivity index (χ3n) is 4.24. The van der Waals surface area contributed by atoms with Crippen LogP contribution in [-0.4, -0.2) is 52.4 Å². The topological polar surface area (TPSA) is 108 Å². The average Bonchev–Trinajstić information content (AvgIpc) is 2.72. The lowest BCUT2D eigenvalue weighted by molar-refractivity contribution is -0.128. The number of thioether (sulfide) groups is 1. The van der Waals surface area contributed by atoms with Gasteiger partial charge in [-0.15, -0.1) is 0 Å². The number of aromatic carboxylic acids is 1. The number of aliphatic imine (C=N–C) groups is 1. The number of methoxy groups -OCH3 is 1. The Balaban J connectivity index is 1.76. The number of amidine groups is 1. The molecule has 0 spiro atoms. The van der Waals surface area contributed by atoms with Gasteiger partial charge in [0, 0.05) is 19.2 Å². The maximum absolute atomic E-state index is 12.7. The first kappa shape index (κ1) is 20.4. The highest BCUT2D eigenvalue weighted by Crippen LogP contribution is 2.29. The first-order chi connectivity index (χ1) is 13.9. The van der Waals surface area contributed by atoms with Crippen molar-refractivity contribution in [3.8, 4) is 5.75 Å². The summed E-state index contributed by atoms with van der Waals surface area (Å²) in [5.74, 6) is -1.01. The SMILES string of the molecule is COc1ccc(N=C2S[C@H](C(=O)Nc3cccc(C(=O)O)c3)CC(=O)N2C)cc1. The number of hydrogen-bond acceptors (Lipinski definition) is 6. The number of nitrogens with one attached hydrogen (secondary N) is 1. The second kappa shape index (κ2) is 8.78. The largest absolute Gasteiger partial charge is 0.497 e. The molecule has 0 radical (unpaired) electrons. The summed E-state index contributed by atoms with van der Waals surface area (Å²) in [4.78, 5) is 42.0. The first-order valence-electron chi connectivity index (χ1n) is 8.67. The fourth-order valence-corrected chi connectivity index (χ4v) is 3.68. The van der Waals surface area contributed by atoms with Crippen LogP contribution in [-0.2, 0) is 9.59 Å². The van der Waals surface area contributed by atoms with E-state index >= 15 is 0 Å². The van der Waals surface area contributed by atoms with Gasteiger partial charge in [0.15, 0.2) is 5.17 Å². The standard InChI is InChI=1S/C20H19N3O5S/c1-23-17(24)11-16(18(25)21-14-5-3-4-12(10-14)19(26)27)29-20(23)22-13-6-8-15(28-2)9-7-13/h3-10,16H,11H2,1-2H3,(H,21,25)(H,26,27)/t16-/m0/s1. The molecule has 0 aliphatic carbocycles. The van der Waals surface area contributed by atoms with Crippen LogP contribution >= 0.6 is 11.8 Å². The van der Waals surface area contributed by atoms with Crippen LogP contribution in [0.5, 0.6) is 5.75 Å². The summed E-state index contributed by atoms with van der Waals surface area (Å²) in [5.41, 5.74) is 1.05. The number of carboxylic acid groups (broad SMARTS) is 1. The molecule has 2 aromatic rings. The molecule has 8 nitrogen and oxygen atoms in total. The molecule has 0 bridgehead atoms. The third-order valence-corrected chi connectivity index (χ3v) is 5.48. The number of carboxylic acids is 1. The molecule has 2 N–H and O–H groups in total. The summed E-state index contributed by atoms with van der Waals surface area (Å²) in [7, 11) is 3.18. The van der Waals surface area contributed by atoms with Gasteiger partial charge in [0.2, 0.25) is 11.8 Å². The van der Waals surface area contributed by atoms with Crippen molar-refractivity contribution in [1.29, 1.82) is 0 Å². The minimum atomic E-state index is -1.08. The molecule has 1 heterocycles. The van der Waals surface area contributed by atoms with Crippen LogP contribution in [0.4, 0.5) is 11.4 Å². The highest BCUT2D eigenvalue weighted by atomic mass is 32.2. The Kier molecular flexibility index (Phi) is 6.18. The zero-order chi connectivity index (χ0) is 21.0. The van der Waals surface area contributed by atoms with E-state index in [1.807, 2.05) is 0 Å². The molecule has 1 atom stereocenters. The first-order valence-corrected chi connectivity index (χ1v) is 9.55. The lowest BCUT2D eigenvalue weighted by Gasteiger charge is -2.28. The molecular weight excluding hydrogens is 394 g/mol. The minimum absolute atomic E-state index is 0.0211. The number of hydrogen-bond donors (Lipinski definition) is 2. The molecule has 1 saturated heterocycles. The number of carbonyl (C=O) groups is 3. The predicted molar refractivity (Wildman–Crippen MR) is 111 cm³/mol. The summed E-state index contributed by atoms with van der Waals surface area (Å²) in [5, 5.41) is 11.5. The Morgan fingerprint density at radius 1 is 1.24 bits per heavy atom. The molecule has 0 aromatic heterocycles. The smallest absolute Gasteiger partial charge is 0.335 e. The number of benzene rings is 2. The molecule has 3 rings (SSSR count). The van der Waals surface area contributed by atoms with Crippen LogP contribution in [0, 0.1) is 0 Å². The van der Waals surface area contributed by atoms with Crippen molar-refractivity contribution in [2.24, 2.45) is 4.99 Å². The van der Waals surface area contributed by atoms with Crippen LogP contribution < -0.4 is 10.1 Å². The van der Waals surface area contributed by atoms with Crippen molar-refractivity contribution in [2.75, 3.05) is 19.5 Å². The molecule has 0 saturated carbocycles. The number of amides is 2. The van der Waals surface area contributed by atoms with Crippen LogP contribution in [0.1, 0.15) is 16.8 Å². The van der Waals surface area contributed by atoms with Crippen molar-refractivity contribution in [2.45, 2.75) is 11.7 Å². The van der Waals surface area contributed by atoms with Gasteiger partial charge in [-0.05, 0) is 42.5 Å². The number of carbonyl (C=O) groups excluding carboxylic acids is 2. The van der Waals surface area contributed by atoms with Gasteiger partial charge in [-0.3, -0.25) is 14.5 Å². The van der Waals surface area contributed by atoms with E-state index in [1.165, 1.54) is 28.8 Å². The van der Waals surface area contributed by atoms with E-state index < -0.39 is 11.2 Å². The van der Waals surface area contributed by atoms with Crippen molar-refractivity contribution in [3.05, 3.63) is 54.1 Å². The molecule has 150 valence electrons. The molecule has 1 fully saturated rings. The van der Waals surface area contributed by atoms with Crippen molar-refractivity contribution in [1.82, 2.24) is 4.90 Å². The van der Waals surface area contributed by atoms with Gasteiger partial charge in [-0.1, -0.05) is 17.8 Å². The van der Waals surface area contributed by atoms with Crippen LogP contribution in [0.2, 0.25) is 0 Å². The van der Waals surface area contributed by atoms with E-state index in [1.54, 1.807) is 50.6 Å². The lowest BCUT2D eigenvalue weighted by Crippen LogP contribution is -2.43. The third kappa shape index (κ3) is 4.94. The van der Waals surface area contributed by atoms with Crippen molar-refractivity contribution < 1.29 is 24.2 Å². The fraction of sp³-hybridized carbons (Fsp3) is 0.200. The van der Waals surface area contributed by atoms with Gasteiger partial charge in [0.1, 0.15) is 11.0 Å². The van der Waals surface area contributed by atoms with Gasteiger partial charge in [-0.2, -0.15) is 0 Å². The predicted octanol–water partition coefficient (Wildman–Crippen LogP) is 2.98. The van der Waals surface area contributed by atoms with Gasteiger partial charge < -0.3 is 15.2 Å². The highest BCUT2D eigenvalue weighted by molar-refractivity contribution is 8.15. The summed E-state index contributed by atoms with van der Waals surface area (Å²) < 4.78 is 5.12. The zero-order valence-corrected chi connectivity index (χ0v) is 16.6. The normalized spacial score (nSPS) is 17.9. The second-order valence-electron chi connectivity index (χ2n) is 6.23. The van der Waals surface area contributed by atoms with E-state index in [2.05, 4.69) is 10.3 Å². The lowest BCUT2D eigenvalue weighted by atomic mass is 10.2. The molecule has 1 aliphatic heterocycles. The quantitative estimate of drug-likeness (QED) is 0.780. The second-order valence-corrected chi connectivity index (χ2v) is 7.40. The number of nitrogens with zero attached hydrogens (tertiary/aromatic N) is 2. The zero-order valence-electron chi connectivity index (χ0n) is 15.8. The Hall–Kier alpha value is -3.33. The van der Waals surface area contributed by atoms with Gasteiger partial charge in [0.05, 0.1) is 18.4 Å². The van der Waals surface area contributed by atoms with Gasteiger partial charge in [0.25, 0.3) is 0 Å². The van der Waals surface area contributed by atoms with Gasteiger partial charge >= 0.3 is 5.97 Å². The van der Waals surface area contributed by atoms with Crippen LogP contribution in [0.3, 0.4) is 0 Å². The van der Waals surface area contributed by atoms with Crippen molar-refractivity contribution in [3.63, 3.8) is 0 Å². The van der Waals surface area contributed by atoms with Crippen molar-refractivity contribution >= 4 is 46.1 Å². The molecular formula is C20H19N3O5S. The van der Waals surface area contributed by atoms with E-state index in [0.717, 1.165) is 0 Å². The highest BCUT2D eigenvalue weighted by Gasteiger charge is 2.34. The summed E-state index contributed by atoms with van der Waals surface area (Å²) in [6, 6.07) is 13.0. The summed E-state index contributed by atoms with van der Waals surface area (Å²) in [6.45, 7) is 0. The van der Waals surface area contributed by atoms with E-state index in [0.29, 0.717) is 22.3 Å². The van der Waals surface area contributed by atoms with E-state index in [9.17, 15) is 14.4 Å². The number of anilines is 1. The molecule has 0 unspecified atom stereocenters. The molecule has 9 heteroatoms. The molecule has 29 heavy (non-hydrogen) atoms. The number of ether oxygens (including phenoxy) is 1. The number of rotatable bonds is 5. The fourth-order valence-electron chi connectivity index (χ4n) is 2.62. The Bertz CT molecular complexity index is 974. The molecule has 1 aliphatic rings. The van der Waals surface area contributed by atoms with Crippen LogP contribution in [0.15, 0.2) is 53.5 Å². The monoisotopic (exact) mass is 413 g/mol. The average molecular weight is 413 g/mol. The van der Waals surface area contributed by atoms with Gasteiger partial charge in [-0.25, -0.2) is 9.79 Å². The summed E-state index contributed by atoms with van der Waals surface area (Å²) >= 11 is 1.18. The van der Waals surface area contributed by atoms with Crippen LogP contribution in [0.25, 0.3) is 0 Å². The maximum atomic E-state index is 12.7. The summed E-state index contributed by atoms with van der Waals surface area (Å²) in [6.07, 6.45) is 0.0211. The van der Waals surface area contributed by atoms with E-state index in [-0.39, 0.29) is 23.8 Å². The maximum Gasteiger partial charge on any atom is 0.335 e. The minimum Gasteiger partial charge on any atom is -0.497 e. The molecule has 2 amide bonds. The van der Waals surface area contributed by atoms with E-state index in [4.69, 9.17) is 9.84 Å². The molecule has 2 aromatic carbocycles.